The first-order valence-electron chi connectivity index (χ1n) is 5.70. The summed E-state index contributed by atoms with van der Waals surface area (Å²) in [6.45, 7) is 4.51. The number of anilines is 1. The fraction of sp³-hybridized carbons (Fsp3) is 0.250. The van der Waals surface area contributed by atoms with E-state index < -0.39 is 0 Å². The Labute approximate surface area is 118 Å². The monoisotopic (exact) mass is 323 g/mol. The Morgan fingerprint density at radius 2 is 2.37 bits per heavy atom. The predicted octanol–water partition coefficient (Wildman–Crippen LogP) is 1.54. The third-order valence-electron chi connectivity index (χ3n) is 2.52. The molecule has 2 aromatic heterocycles. The Bertz CT molecular complexity index is 646. The average molecular weight is 324 g/mol. The van der Waals surface area contributed by atoms with Crippen molar-refractivity contribution in [3.63, 3.8) is 0 Å². The van der Waals surface area contributed by atoms with Crippen LogP contribution in [0.25, 0.3) is 0 Å². The fourth-order valence-electron chi connectivity index (χ4n) is 1.58. The number of hydrogen-bond acceptors (Lipinski definition) is 4. The molecule has 0 amide bonds. The summed E-state index contributed by atoms with van der Waals surface area (Å²) >= 11 is 3.28. The average Bonchev–Trinajstić information content (AvgIpc) is 2.80. The summed E-state index contributed by atoms with van der Waals surface area (Å²) in [7, 11) is 1.86. The van der Waals surface area contributed by atoms with Gasteiger partial charge in [0.05, 0.1) is 30.7 Å². The van der Waals surface area contributed by atoms with Crippen molar-refractivity contribution < 1.29 is 0 Å². The van der Waals surface area contributed by atoms with Crippen molar-refractivity contribution in [3.05, 3.63) is 51.6 Å². The van der Waals surface area contributed by atoms with E-state index in [-0.39, 0.29) is 5.56 Å². The minimum absolute atomic E-state index is 0.189. The molecule has 0 spiro atoms. The molecule has 0 saturated heterocycles. The third-order valence-corrected chi connectivity index (χ3v) is 3.28. The van der Waals surface area contributed by atoms with Crippen LogP contribution in [-0.2, 0) is 20.1 Å². The zero-order chi connectivity index (χ0) is 13.8. The molecule has 2 rings (SSSR count). The van der Waals surface area contributed by atoms with E-state index in [0.29, 0.717) is 23.2 Å². The highest BCUT2D eigenvalue weighted by Gasteiger charge is 2.08. The van der Waals surface area contributed by atoms with E-state index in [0.717, 1.165) is 5.69 Å². The maximum absolute atomic E-state index is 11.9. The number of rotatable bonds is 5. The molecule has 7 heteroatoms. The number of aryl methyl sites for hydroxylation is 1. The van der Waals surface area contributed by atoms with Crippen molar-refractivity contribution >= 4 is 21.6 Å². The molecule has 2 heterocycles. The first kappa shape index (κ1) is 13.5. The largest absolute Gasteiger partial charge is 0.377 e. The van der Waals surface area contributed by atoms with Crippen LogP contribution in [-0.4, -0.2) is 19.6 Å². The molecule has 1 N–H and O–H groups in total. The quantitative estimate of drug-likeness (QED) is 0.848. The Kier molecular flexibility index (Phi) is 4.16. The van der Waals surface area contributed by atoms with Crippen molar-refractivity contribution in [2.45, 2.75) is 13.1 Å². The molecule has 0 atom stereocenters. The normalized spacial score (nSPS) is 10.4. The standard InChI is InChI=1S/C12H14BrN5O/c1-3-5-18-12(19)11(13)10(8-15-18)14-7-9-4-6-17(2)16-9/h3-4,6,8,14H,1,5,7H2,2H3. The van der Waals surface area contributed by atoms with Crippen molar-refractivity contribution in [1.29, 1.82) is 0 Å². The second kappa shape index (κ2) is 5.83. The van der Waals surface area contributed by atoms with E-state index in [1.807, 2.05) is 19.3 Å². The van der Waals surface area contributed by atoms with E-state index in [4.69, 9.17) is 0 Å². The van der Waals surface area contributed by atoms with Gasteiger partial charge in [-0.1, -0.05) is 6.08 Å². The summed E-state index contributed by atoms with van der Waals surface area (Å²) in [5, 5.41) is 11.4. The van der Waals surface area contributed by atoms with Crippen LogP contribution in [0.15, 0.2) is 40.4 Å². The highest BCUT2D eigenvalue weighted by molar-refractivity contribution is 9.10. The maximum Gasteiger partial charge on any atom is 0.283 e. The van der Waals surface area contributed by atoms with Crippen LogP contribution in [0, 0.1) is 0 Å². The van der Waals surface area contributed by atoms with Gasteiger partial charge >= 0.3 is 0 Å². The van der Waals surface area contributed by atoms with Gasteiger partial charge in [0.15, 0.2) is 0 Å². The van der Waals surface area contributed by atoms with Gasteiger partial charge in [0, 0.05) is 13.2 Å². The van der Waals surface area contributed by atoms with Gasteiger partial charge in [-0.2, -0.15) is 10.2 Å². The van der Waals surface area contributed by atoms with Crippen LogP contribution in [0.5, 0.6) is 0 Å². The molecular weight excluding hydrogens is 310 g/mol. The highest BCUT2D eigenvalue weighted by Crippen LogP contribution is 2.16. The van der Waals surface area contributed by atoms with E-state index >= 15 is 0 Å². The zero-order valence-corrected chi connectivity index (χ0v) is 12.1. The van der Waals surface area contributed by atoms with Gasteiger partial charge in [0.25, 0.3) is 5.56 Å². The first-order valence-corrected chi connectivity index (χ1v) is 6.50. The fourth-order valence-corrected chi connectivity index (χ4v) is 2.03. The van der Waals surface area contributed by atoms with Crippen molar-refractivity contribution in [1.82, 2.24) is 19.6 Å². The van der Waals surface area contributed by atoms with Gasteiger partial charge < -0.3 is 5.32 Å². The lowest BCUT2D eigenvalue weighted by Gasteiger charge is -2.08. The molecule has 2 aromatic rings. The van der Waals surface area contributed by atoms with Crippen molar-refractivity contribution in [2.24, 2.45) is 7.05 Å². The van der Waals surface area contributed by atoms with Crippen LogP contribution in [0.2, 0.25) is 0 Å². The van der Waals surface area contributed by atoms with Crippen LogP contribution in [0.3, 0.4) is 0 Å². The zero-order valence-electron chi connectivity index (χ0n) is 10.5. The molecular formula is C12H14BrN5O. The highest BCUT2D eigenvalue weighted by atomic mass is 79.9. The molecule has 0 aliphatic heterocycles. The summed E-state index contributed by atoms with van der Waals surface area (Å²) < 4.78 is 3.52. The van der Waals surface area contributed by atoms with Crippen LogP contribution in [0.1, 0.15) is 5.69 Å². The molecule has 0 unspecified atom stereocenters. The lowest BCUT2D eigenvalue weighted by atomic mass is 10.4. The Morgan fingerprint density at radius 1 is 1.58 bits per heavy atom. The van der Waals surface area contributed by atoms with E-state index in [1.54, 1.807) is 17.0 Å². The number of allylic oxidation sites excluding steroid dienone is 1. The van der Waals surface area contributed by atoms with Gasteiger partial charge in [-0.15, -0.1) is 6.58 Å². The summed E-state index contributed by atoms with van der Waals surface area (Å²) in [5.74, 6) is 0. The molecule has 6 nitrogen and oxygen atoms in total. The van der Waals surface area contributed by atoms with E-state index in [1.165, 1.54) is 4.68 Å². The first-order chi connectivity index (χ1) is 9.11. The summed E-state index contributed by atoms with van der Waals surface area (Å²) in [5.41, 5.74) is 1.35. The van der Waals surface area contributed by atoms with E-state index in [2.05, 4.69) is 38.0 Å². The minimum atomic E-state index is -0.189. The molecule has 0 aliphatic carbocycles. The van der Waals surface area contributed by atoms with Gasteiger partial charge in [-0.05, 0) is 22.0 Å². The second-order valence-electron chi connectivity index (χ2n) is 3.98. The lowest BCUT2D eigenvalue weighted by molar-refractivity contribution is 0.648. The Balaban J connectivity index is 2.15. The van der Waals surface area contributed by atoms with Gasteiger partial charge in [0.1, 0.15) is 4.47 Å². The van der Waals surface area contributed by atoms with Gasteiger partial charge in [-0.25, -0.2) is 4.68 Å². The molecule has 100 valence electrons. The third kappa shape index (κ3) is 3.11. The Hall–Kier alpha value is -1.89. The number of aromatic nitrogens is 4. The molecule has 19 heavy (non-hydrogen) atoms. The molecule has 0 saturated carbocycles. The number of hydrogen-bond donors (Lipinski definition) is 1. The predicted molar refractivity (Wildman–Crippen MR) is 76.9 cm³/mol. The maximum atomic E-state index is 11.9. The van der Waals surface area contributed by atoms with E-state index in [9.17, 15) is 4.79 Å². The lowest BCUT2D eigenvalue weighted by Crippen LogP contribution is -2.23. The molecule has 0 aromatic carbocycles. The van der Waals surface area contributed by atoms with Gasteiger partial charge in [-0.3, -0.25) is 9.48 Å². The molecule has 0 radical (unpaired) electrons. The molecule has 0 bridgehead atoms. The van der Waals surface area contributed by atoms with Crippen molar-refractivity contribution in [2.75, 3.05) is 5.32 Å². The smallest absolute Gasteiger partial charge is 0.283 e. The number of nitrogens with zero attached hydrogens (tertiary/aromatic N) is 4. The summed E-state index contributed by atoms with van der Waals surface area (Å²) in [4.78, 5) is 11.9. The van der Waals surface area contributed by atoms with Crippen LogP contribution in [0.4, 0.5) is 5.69 Å². The second-order valence-corrected chi connectivity index (χ2v) is 4.78. The minimum Gasteiger partial charge on any atom is -0.377 e. The van der Waals surface area contributed by atoms with Crippen LogP contribution < -0.4 is 10.9 Å². The number of nitrogens with one attached hydrogen (secondary N) is 1. The van der Waals surface area contributed by atoms with Crippen molar-refractivity contribution in [3.8, 4) is 0 Å². The topological polar surface area (TPSA) is 64.7 Å². The van der Waals surface area contributed by atoms with Gasteiger partial charge in [0.2, 0.25) is 0 Å². The SMILES string of the molecule is C=CCn1ncc(NCc2ccn(C)n2)c(Br)c1=O. The molecule has 0 fully saturated rings. The Morgan fingerprint density at radius 3 is 3.00 bits per heavy atom. The van der Waals surface area contributed by atoms with Crippen LogP contribution >= 0.6 is 15.9 Å². The number of halogens is 1. The summed E-state index contributed by atoms with van der Waals surface area (Å²) in [6, 6.07) is 1.91. The molecule has 0 aliphatic rings. The summed E-state index contributed by atoms with van der Waals surface area (Å²) in [6.07, 6.45) is 5.10.